The number of fused-ring (bicyclic) bond motifs is 1. The van der Waals surface area contributed by atoms with Crippen LogP contribution in [0.2, 0.25) is 5.28 Å². The largest absolute Gasteiger partial charge is 0.465 e. The van der Waals surface area contributed by atoms with Crippen LogP contribution in [0.5, 0.6) is 0 Å². The monoisotopic (exact) mass is 302 g/mol. The van der Waals surface area contributed by atoms with Crippen LogP contribution < -0.4 is 5.32 Å². The zero-order valence-electron chi connectivity index (χ0n) is 10.8. The summed E-state index contributed by atoms with van der Waals surface area (Å²) in [5, 5.41) is 15.2. The van der Waals surface area contributed by atoms with Crippen molar-refractivity contribution in [3.8, 4) is 11.3 Å². The lowest BCUT2D eigenvalue weighted by Crippen LogP contribution is -2.19. The lowest BCUT2D eigenvalue weighted by Gasteiger charge is -2.07. The second kappa shape index (κ2) is 5.41. The molecular weight excluding hydrogens is 292 g/mol. The van der Waals surface area contributed by atoms with Gasteiger partial charge in [-0.3, -0.25) is 0 Å². The van der Waals surface area contributed by atoms with Gasteiger partial charge in [0.15, 0.2) is 0 Å². The molecule has 0 atom stereocenters. The average Bonchev–Trinajstić information content (AvgIpc) is 2.92. The predicted octanol–water partition coefficient (Wildman–Crippen LogP) is 2.82. The van der Waals surface area contributed by atoms with Gasteiger partial charge in [0.25, 0.3) is 0 Å². The number of nitrogens with one attached hydrogen (secondary N) is 1. The molecule has 7 heteroatoms. The molecule has 21 heavy (non-hydrogen) atoms. The molecule has 0 spiro atoms. The van der Waals surface area contributed by atoms with E-state index in [1.165, 1.54) is 0 Å². The Hall–Kier alpha value is -2.60. The fraction of sp³-hybridized carbons (Fsp3) is 0.0714. The molecule has 0 saturated heterocycles. The first kappa shape index (κ1) is 13.4. The van der Waals surface area contributed by atoms with E-state index in [-0.39, 0.29) is 11.8 Å². The van der Waals surface area contributed by atoms with Crippen LogP contribution in [0.3, 0.4) is 0 Å². The third-order valence-corrected chi connectivity index (χ3v) is 3.17. The molecule has 6 nitrogen and oxygen atoms in total. The van der Waals surface area contributed by atoms with Crippen molar-refractivity contribution in [3.63, 3.8) is 0 Å². The number of nitrogens with zero attached hydrogens (tertiary/aromatic N) is 3. The third-order valence-electron chi connectivity index (χ3n) is 3.01. The van der Waals surface area contributed by atoms with Crippen molar-refractivity contribution in [1.29, 1.82) is 0 Å². The maximum absolute atomic E-state index is 10.6. The normalized spacial score (nSPS) is 10.7. The Bertz CT molecular complexity index is 816. The van der Waals surface area contributed by atoms with E-state index in [1.807, 2.05) is 36.4 Å². The van der Waals surface area contributed by atoms with Crippen LogP contribution in [0.4, 0.5) is 4.79 Å². The molecule has 2 N–H and O–H groups in total. The van der Waals surface area contributed by atoms with E-state index in [0.717, 1.165) is 16.6 Å². The Morgan fingerprint density at radius 1 is 1.33 bits per heavy atom. The number of hydrogen-bond donors (Lipinski definition) is 2. The van der Waals surface area contributed by atoms with Gasteiger partial charge in [0.05, 0.1) is 11.2 Å². The number of amides is 1. The highest BCUT2D eigenvalue weighted by atomic mass is 35.5. The second-order valence-electron chi connectivity index (χ2n) is 4.43. The van der Waals surface area contributed by atoms with Gasteiger partial charge in [0.2, 0.25) is 5.28 Å². The van der Waals surface area contributed by atoms with Crippen LogP contribution in [0.15, 0.2) is 42.6 Å². The quantitative estimate of drug-likeness (QED) is 0.779. The molecular formula is C14H11ClN4O2. The van der Waals surface area contributed by atoms with Gasteiger partial charge in [-0.1, -0.05) is 18.2 Å². The lowest BCUT2D eigenvalue weighted by molar-refractivity contribution is 0.194. The highest BCUT2D eigenvalue weighted by Gasteiger charge is 2.09. The molecule has 0 aliphatic carbocycles. The minimum absolute atomic E-state index is 0.155. The highest BCUT2D eigenvalue weighted by Crippen LogP contribution is 2.24. The summed E-state index contributed by atoms with van der Waals surface area (Å²) >= 11 is 5.94. The predicted molar refractivity (Wildman–Crippen MR) is 78.3 cm³/mol. The van der Waals surface area contributed by atoms with Gasteiger partial charge in [0, 0.05) is 18.3 Å². The molecule has 0 unspecified atom stereocenters. The number of rotatable bonds is 3. The van der Waals surface area contributed by atoms with Crippen molar-refractivity contribution in [2.24, 2.45) is 0 Å². The summed E-state index contributed by atoms with van der Waals surface area (Å²) in [7, 11) is 0. The molecule has 3 rings (SSSR count). The summed E-state index contributed by atoms with van der Waals surface area (Å²) in [4.78, 5) is 14.8. The fourth-order valence-electron chi connectivity index (χ4n) is 2.13. The van der Waals surface area contributed by atoms with E-state index in [1.54, 1.807) is 10.7 Å². The molecule has 2 heterocycles. The summed E-state index contributed by atoms with van der Waals surface area (Å²) in [6.07, 6.45) is 0.738. The zero-order valence-corrected chi connectivity index (χ0v) is 11.6. The smallest absolute Gasteiger partial charge is 0.404 e. The van der Waals surface area contributed by atoms with Crippen LogP contribution in [0, 0.1) is 0 Å². The van der Waals surface area contributed by atoms with Gasteiger partial charge in [-0.05, 0) is 35.4 Å². The molecule has 0 radical (unpaired) electrons. The molecule has 2 aromatic heterocycles. The topological polar surface area (TPSA) is 79.5 Å². The standard InChI is InChI=1S/C14H11ClN4O2/c15-13-17-12(11-5-2-6-19(11)18-13)10-4-1-3-9(7-10)8-16-14(20)21/h1-7,16H,8H2,(H,20,21). The lowest BCUT2D eigenvalue weighted by atomic mass is 10.1. The zero-order chi connectivity index (χ0) is 14.8. The summed E-state index contributed by atoms with van der Waals surface area (Å²) in [5.41, 5.74) is 3.24. The van der Waals surface area contributed by atoms with E-state index in [4.69, 9.17) is 16.7 Å². The highest BCUT2D eigenvalue weighted by molar-refractivity contribution is 6.28. The van der Waals surface area contributed by atoms with E-state index in [9.17, 15) is 4.79 Å². The van der Waals surface area contributed by atoms with E-state index >= 15 is 0 Å². The van der Waals surface area contributed by atoms with Crippen molar-refractivity contribution in [3.05, 3.63) is 53.4 Å². The van der Waals surface area contributed by atoms with Crippen LogP contribution in [0.1, 0.15) is 5.56 Å². The van der Waals surface area contributed by atoms with Gasteiger partial charge in [-0.2, -0.15) is 0 Å². The number of hydrogen-bond acceptors (Lipinski definition) is 3. The molecule has 1 amide bonds. The van der Waals surface area contributed by atoms with Gasteiger partial charge < -0.3 is 10.4 Å². The summed E-state index contributed by atoms with van der Waals surface area (Å²) in [6.45, 7) is 0.235. The third kappa shape index (κ3) is 2.80. The van der Waals surface area contributed by atoms with E-state index in [2.05, 4.69) is 15.4 Å². The van der Waals surface area contributed by atoms with Crippen LogP contribution >= 0.6 is 11.6 Å². The molecule has 3 aromatic rings. The van der Waals surface area contributed by atoms with Gasteiger partial charge in [-0.15, -0.1) is 5.10 Å². The number of aromatic nitrogens is 3. The van der Waals surface area contributed by atoms with Crippen LogP contribution in [-0.4, -0.2) is 25.8 Å². The van der Waals surface area contributed by atoms with E-state index < -0.39 is 6.09 Å². The average molecular weight is 303 g/mol. The first-order chi connectivity index (χ1) is 10.1. The Kier molecular flexibility index (Phi) is 3.45. The minimum Gasteiger partial charge on any atom is -0.465 e. The molecule has 0 aliphatic heterocycles. The van der Waals surface area contributed by atoms with Crippen molar-refractivity contribution < 1.29 is 9.90 Å². The van der Waals surface area contributed by atoms with Gasteiger partial charge in [0.1, 0.15) is 0 Å². The summed E-state index contributed by atoms with van der Waals surface area (Å²) in [6, 6.07) is 11.2. The minimum atomic E-state index is -1.06. The molecule has 0 saturated carbocycles. The molecule has 1 aromatic carbocycles. The van der Waals surface area contributed by atoms with Crippen LogP contribution in [-0.2, 0) is 6.54 Å². The summed E-state index contributed by atoms with van der Waals surface area (Å²) in [5.74, 6) is 0. The first-order valence-electron chi connectivity index (χ1n) is 6.20. The Morgan fingerprint density at radius 2 is 2.19 bits per heavy atom. The fourth-order valence-corrected chi connectivity index (χ4v) is 2.29. The Morgan fingerprint density at radius 3 is 3.00 bits per heavy atom. The molecule has 0 fully saturated rings. The molecule has 106 valence electrons. The summed E-state index contributed by atoms with van der Waals surface area (Å²) < 4.78 is 1.66. The molecule has 0 bridgehead atoms. The van der Waals surface area contributed by atoms with E-state index in [0.29, 0.717) is 5.69 Å². The van der Waals surface area contributed by atoms with Crippen LogP contribution in [0.25, 0.3) is 16.8 Å². The number of carboxylic acid groups (broad SMARTS) is 1. The maximum atomic E-state index is 10.6. The van der Waals surface area contributed by atoms with Gasteiger partial charge in [-0.25, -0.2) is 14.3 Å². The van der Waals surface area contributed by atoms with Crippen molar-refractivity contribution in [2.45, 2.75) is 6.54 Å². The van der Waals surface area contributed by atoms with Crippen molar-refractivity contribution in [1.82, 2.24) is 19.9 Å². The number of halogens is 1. The number of carbonyl (C=O) groups is 1. The van der Waals surface area contributed by atoms with Crippen molar-refractivity contribution in [2.75, 3.05) is 0 Å². The van der Waals surface area contributed by atoms with Gasteiger partial charge >= 0.3 is 6.09 Å². The second-order valence-corrected chi connectivity index (χ2v) is 4.76. The number of benzene rings is 1. The Balaban J connectivity index is 2.04. The Labute approximate surface area is 125 Å². The SMILES string of the molecule is O=C(O)NCc1cccc(-c2nc(Cl)nn3cccc23)c1. The first-order valence-corrected chi connectivity index (χ1v) is 6.58. The van der Waals surface area contributed by atoms with Crippen molar-refractivity contribution >= 4 is 23.2 Å². The maximum Gasteiger partial charge on any atom is 0.404 e. The molecule has 0 aliphatic rings.